The standard InChI is InChI=1S/C15H6Br2N4O3S/c16-8-5-10-13(18-6-8)20-14(22)12(25-15(20)19-10)4-7-1-2-9(17)11(3-7)21(23)24/h1-6H/b12-4-. The van der Waals surface area contributed by atoms with Crippen LogP contribution >= 0.6 is 43.2 Å². The molecule has 10 heteroatoms. The average molecular weight is 482 g/mol. The molecule has 124 valence electrons. The van der Waals surface area contributed by atoms with Crippen LogP contribution in [0.5, 0.6) is 0 Å². The van der Waals surface area contributed by atoms with Crippen LogP contribution in [0.15, 0.2) is 44.2 Å². The van der Waals surface area contributed by atoms with Crippen LogP contribution in [0.4, 0.5) is 5.69 Å². The fraction of sp³-hybridized carbons (Fsp3) is 0. The molecule has 25 heavy (non-hydrogen) atoms. The number of nitrogens with zero attached hydrogens (tertiary/aromatic N) is 4. The first-order valence-electron chi connectivity index (χ1n) is 6.86. The summed E-state index contributed by atoms with van der Waals surface area (Å²) in [6.07, 6.45) is 3.22. The minimum absolute atomic E-state index is 0.0560. The lowest BCUT2D eigenvalue weighted by Gasteiger charge is -1.96. The number of benzene rings is 1. The Kier molecular flexibility index (Phi) is 3.89. The third-order valence-electron chi connectivity index (χ3n) is 3.51. The maximum atomic E-state index is 12.7. The highest BCUT2D eigenvalue weighted by Gasteiger charge is 2.14. The normalized spacial score (nSPS) is 12.3. The smallest absolute Gasteiger partial charge is 0.267 e. The number of hydrogen-bond donors (Lipinski definition) is 0. The topological polar surface area (TPSA) is 90.4 Å². The first-order chi connectivity index (χ1) is 11.9. The fourth-order valence-corrected chi connectivity index (χ4v) is 4.11. The summed E-state index contributed by atoms with van der Waals surface area (Å²) >= 11 is 7.69. The third kappa shape index (κ3) is 2.75. The molecule has 0 saturated heterocycles. The van der Waals surface area contributed by atoms with Crippen molar-refractivity contribution in [1.29, 1.82) is 0 Å². The second kappa shape index (κ2) is 5.97. The lowest BCUT2D eigenvalue weighted by atomic mass is 10.2. The zero-order chi connectivity index (χ0) is 17.7. The van der Waals surface area contributed by atoms with Crippen molar-refractivity contribution in [3.63, 3.8) is 0 Å². The Morgan fingerprint density at radius 3 is 2.84 bits per heavy atom. The molecule has 4 rings (SSSR count). The zero-order valence-electron chi connectivity index (χ0n) is 12.1. The second-order valence-electron chi connectivity index (χ2n) is 5.11. The monoisotopic (exact) mass is 480 g/mol. The van der Waals surface area contributed by atoms with E-state index in [0.29, 0.717) is 30.7 Å². The predicted octanol–water partition coefficient (Wildman–Crippen LogP) is 3.29. The first-order valence-corrected chi connectivity index (χ1v) is 9.26. The van der Waals surface area contributed by atoms with E-state index in [1.54, 1.807) is 30.5 Å². The summed E-state index contributed by atoms with van der Waals surface area (Å²) in [5, 5.41) is 11.0. The molecule has 7 nitrogen and oxygen atoms in total. The molecule has 0 unspecified atom stereocenters. The zero-order valence-corrected chi connectivity index (χ0v) is 16.1. The lowest BCUT2D eigenvalue weighted by molar-refractivity contribution is -0.385. The summed E-state index contributed by atoms with van der Waals surface area (Å²) in [4.78, 5) is 32.4. The van der Waals surface area contributed by atoms with Crippen molar-refractivity contribution < 1.29 is 4.92 Å². The van der Waals surface area contributed by atoms with Gasteiger partial charge in [0.05, 0.1) is 13.9 Å². The maximum Gasteiger partial charge on any atom is 0.284 e. The molecule has 4 aromatic rings. The van der Waals surface area contributed by atoms with Gasteiger partial charge in [-0.15, -0.1) is 0 Å². The van der Waals surface area contributed by atoms with Crippen LogP contribution in [0.3, 0.4) is 0 Å². The quantitative estimate of drug-likeness (QED) is 0.323. The van der Waals surface area contributed by atoms with Gasteiger partial charge in [-0.3, -0.25) is 14.9 Å². The van der Waals surface area contributed by atoms with E-state index in [4.69, 9.17) is 0 Å². The lowest BCUT2D eigenvalue weighted by Crippen LogP contribution is -2.22. The van der Waals surface area contributed by atoms with E-state index < -0.39 is 4.92 Å². The van der Waals surface area contributed by atoms with Gasteiger partial charge in [0.2, 0.25) is 0 Å². The summed E-state index contributed by atoms with van der Waals surface area (Å²) in [7, 11) is 0. The van der Waals surface area contributed by atoms with E-state index >= 15 is 0 Å². The van der Waals surface area contributed by atoms with E-state index in [2.05, 4.69) is 41.8 Å². The molecule has 0 aliphatic heterocycles. The van der Waals surface area contributed by atoms with Crippen LogP contribution in [-0.4, -0.2) is 19.3 Å². The first kappa shape index (κ1) is 16.3. The summed E-state index contributed by atoms with van der Waals surface area (Å²) in [6, 6.07) is 6.50. The summed E-state index contributed by atoms with van der Waals surface area (Å²) in [5.41, 5.74) is 1.38. The fourth-order valence-electron chi connectivity index (χ4n) is 2.43. The number of aromatic nitrogens is 3. The Bertz CT molecular complexity index is 1280. The van der Waals surface area contributed by atoms with Crippen LogP contribution < -0.4 is 10.1 Å². The SMILES string of the molecule is O=c1/c(=C/c2ccc(Br)c([N+](=O)[O-])c2)sc2nc3cc(Br)cnc3n12. The van der Waals surface area contributed by atoms with Crippen molar-refractivity contribution in [3.05, 3.63) is 70.0 Å². The molecule has 0 atom stereocenters. The average Bonchev–Trinajstić information content (AvgIpc) is 3.05. The molecule has 0 saturated carbocycles. The molecule has 0 N–H and O–H groups in total. The molecule has 3 heterocycles. The molecular weight excluding hydrogens is 476 g/mol. The largest absolute Gasteiger partial charge is 0.284 e. The summed E-state index contributed by atoms with van der Waals surface area (Å²) < 4.78 is 3.06. The molecule has 0 amide bonds. The van der Waals surface area contributed by atoms with Crippen LogP contribution in [0.25, 0.3) is 22.2 Å². The van der Waals surface area contributed by atoms with Crippen LogP contribution in [0.2, 0.25) is 0 Å². The molecule has 0 aliphatic rings. The van der Waals surface area contributed by atoms with Crippen LogP contribution in [0, 0.1) is 10.1 Å². The van der Waals surface area contributed by atoms with Crippen molar-refractivity contribution >= 4 is 71.1 Å². The van der Waals surface area contributed by atoms with E-state index in [9.17, 15) is 14.9 Å². The van der Waals surface area contributed by atoms with Gasteiger partial charge in [-0.2, -0.15) is 0 Å². The molecule has 0 radical (unpaired) electrons. The molecule has 0 fully saturated rings. The van der Waals surface area contributed by atoms with Gasteiger partial charge in [0.25, 0.3) is 11.2 Å². The Labute approximate surface area is 160 Å². The van der Waals surface area contributed by atoms with Gasteiger partial charge in [-0.05, 0) is 55.6 Å². The van der Waals surface area contributed by atoms with Gasteiger partial charge in [0, 0.05) is 16.7 Å². The van der Waals surface area contributed by atoms with Crippen molar-refractivity contribution in [2.75, 3.05) is 0 Å². The van der Waals surface area contributed by atoms with Gasteiger partial charge < -0.3 is 0 Å². The number of thiazole rings is 1. The number of nitro groups is 1. The second-order valence-corrected chi connectivity index (χ2v) is 7.89. The number of pyridine rings is 1. The Morgan fingerprint density at radius 1 is 1.28 bits per heavy atom. The number of halogens is 2. The Balaban J connectivity index is 1.94. The van der Waals surface area contributed by atoms with Crippen LogP contribution in [0.1, 0.15) is 5.56 Å². The Morgan fingerprint density at radius 2 is 2.08 bits per heavy atom. The van der Waals surface area contributed by atoms with Crippen molar-refractivity contribution in [3.8, 4) is 0 Å². The highest BCUT2D eigenvalue weighted by molar-refractivity contribution is 9.10. The number of rotatable bonds is 2. The van der Waals surface area contributed by atoms with E-state index in [1.165, 1.54) is 21.8 Å². The predicted molar refractivity (Wildman–Crippen MR) is 102 cm³/mol. The van der Waals surface area contributed by atoms with E-state index in [-0.39, 0.29) is 11.2 Å². The van der Waals surface area contributed by atoms with Crippen molar-refractivity contribution in [1.82, 2.24) is 14.4 Å². The Hall–Kier alpha value is -2.17. The number of hydrogen-bond acceptors (Lipinski definition) is 6. The van der Waals surface area contributed by atoms with Crippen molar-refractivity contribution in [2.45, 2.75) is 0 Å². The number of fused-ring (bicyclic) bond motifs is 3. The molecule has 0 aliphatic carbocycles. The number of imidazole rings is 1. The van der Waals surface area contributed by atoms with Crippen molar-refractivity contribution in [2.24, 2.45) is 0 Å². The van der Waals surface area contributed by atoms with Crippen LogP contribution in [-0.2, 0) is 0 Å². The molecular formula is C15H6Br2N4O3S. The van der Waals surface area contributed by atoms with Gasteiger partial charge in [-0.25, -0.2) is 14.4 Å². The van der Waals surface area contributed by atoms with Gasteiger partial charge in [0.15, 0.2) is 10.6 Å². The molecule has 0 spiro atoms. The maximum absolute atomic E-state index is 12.7. The minimum atomic E-state index is -0.476. The molecule has 0 bridgehead atoms. The highest BCUT2D eigenvalue weighted by atomic mass is 79.9. The molecule has 3 aromatic heterocycles. The van der Waals surface area contributed by atoms with Gasteiger partial charge in [-0.1, -0.05) is 17.4 Å². The van der Waals surface area contributed by atoms with Gasteiger partial charge >= 0.3 is 0 Å². The summed E-state index contributed by atoms with van der Waals surface area (Å²) in [5.74, 6) is 0. The van der Waals surface area contributed by atoms with Gasteiger partial charge in [0.1, 0.15) is 5.52 Å². The summed E-state index contributed by atoms with van der Waals surface area (Å²) in [6.45, 7) is 0. The third-order valence-corrected chi connectivity index (χ3v) is 5.59. The van der Waals surface area contributed by atoms with E-state index in [1.807, 2.05) is 0 Å². The number of nitro benzene ring substituents is 1. The highest BCUT2D eigenvalue weighted by Crippen LogP contribution is 2.26. The minimum Gasteiger partial charge on any atom is -0.267 e. The van der Waals surface area contributed by atoms with E-state index in [0.717, 1.165) is 4.47 Å². The molecule has 1 aromatic carbocycles.